The first-order valence-electron chi connectivity index (χ1n) is 6.96. The molecule has 4 nitrogen and oxygen atoms in total. The second kappa shape index (κ2) is 5.83. The van der Waals surface area contributed by atoms with Crippen LogP contribution < -0.4 is 5.32 Å². The summed E-state index contributed by atoms with van der Waals surface area (Å²) in [5.41, 5.74) is 0. The lowest BCUT2D eigenvalue weighted by Gasteiger charge is -2.44. The molecule has 2 saturated heterocycles. The summed E-state index contributed by atoms with van der Waals surface area (Å²) in [6.45, 7) is 8.01. The van der Waals surface area contributed by atoms with Gasteiger partial charge in [0.25, 0.3) is 0 Å². The average Bonchev–Trinajstić information content (AvgIpc) is 2.54. The van der Waals surface area contributed by atoms with E-state index in [4.69, 9.17) is 0 Å². The average molecular weight is 239 g/mol. The first-order valence-corrected chi connectivity index (χ1v) is 6.96. The third-order valence-electron chi connectivity index (χ3n) is 3.88. The lowest BCUT2D eigenvalue weighted by atomic mass is 10.0. The number of carbonyl (C=O) groups is 1. The van der Waals surface area contributed by atoms with Crippen LogP contribution in [0.5, 0.6) is 0 Å². The highest BCUT2D eigenvalue weighted by molar-refractivity contribution is 5.78. The van der Waals surface area contributed by atoms with Gasteiger partial charge >= 0.3 is 0 Å². The second-order valence-electron chi connectivity index (χ2n) is 5.43. The van der Waals surface area contributed by atoms with E-state index in [2.05, 4.69) is 29.0 Å². The highest BCUT2D eigenvalue weighted by Crippen LogP contribution is 2.23. The van der Waals surface area contributed by atoms with Gasteiger partial charge in [0.2, 0.25) is 5.91 Å². The predicted octanol–water partition coefficient (Wildman–Crippen LogP) is 1.03. The topological polar surface area (TPSA) is 35.6 Å². The Kier molecular flexibility index (Phi) is 4.40. The number of likely N-dealkylation sites (tertiary alicyclic amines) is 1. The number of nitrogens with one attached hydrogen (secondary N) is 1. The Labute approximate surface area is 104 Å². The van der Waals surface area contributed by atoms with Crippen molar-refractivity contribution in [2.24, 2.45) is 0 Å². The second-order valence-corrected chi connectivity index (χ2v) is 5.43. The zero-order valence-electron chi connectivity index (χ0n) is 11.1. The highest BCUT2D eigenvalue weighted by Gasteiger charge is 2.32. The number of nitrogens with zero attached hydrogens (tertiary/aromatic N) is 2. The number of rotatable bonds is 2. The maximum atomic E-state index is 12.1. The van der Waals surface area contributed by atoms with Crippen LogP contribution in [0.3, 0.4) is 0 Å². The number of carbonyl (C=O) groups excluding carboxylic acids is 1. The van der Waals surface area contributed by atoms with Crippen LogP contribution in [0, 0.1) is 0 Å². The lowest BCUT2D eigenvalue weighted by molar-refractivity contribution is -0.138. The zero-order valence-corrected chi connectivity index (χ0v) is 11.1. The summed E-state index contributed by atoms with van der Waals surface area (Å²) in [5.74, 6) is 0.278. The van der Waals surface area contributed by atoms with Gasteiger partial charge in [-0.25, -0.2) is 0 Å². The van der Waals surface area contributed by atoms with Gasteiger partial charge in [0, 0.05) is 19.1 Å². The maximum absolute atomic E-state index is 12.1. The van der Waals surface area contributed by atoms with Gasteiger partial charge in [0.1, 0.15) is 0 Å². The Balaban J connectivity index is 2.08. The van der Waals surface area contributed by atoms with Crippen LogP contribution in [-0.4, -0.2) is 54.1 Å². The Morgan fingerprint density at radius 3 is 2.82 bits per heavy atom. The molecule has 2 fully saturated rings. The molecule has 98 valence electrons. The molecule has 0 aliphatic carbocycles. The van der Waals surface area contributed by atoms with E-state index >= 15 is 0 Å². The van der Waals surface area contributed by atoms with Gasteiger partial charge in [-0.1, -0.05) is 0 Å². The normalized spacial score (nSPS) is 28.5. The van der Waals surface area contributed by atoms with Gasteiger partial charge in [-0.3, -0.25) is 9.69 Å². The van der Waals surface area contributed by atoms with E-state index in [0.29, 0.717) is 18.8 Å². The molecule has 1 amide bonds. The molecule has 0 radical (unpaired) electrons. The molecule has 2 aliphatic rings. The van der Waals surface area contributed by atoms with E-state index in [9.17, 15) is 4.79 Å². The van der Waals surface area contributed by atoms with Gasteiger partial charge < -0.3 is 10.2 Å². The molecule has 1 N–H and O–H groups in total. The Morgan fingerprint density at radius 1 is 1.24 bits per heavy atom. The number of piperidine rings is 1. The zero-order chi connectivity index (χ0) is 12.3. The SMILES string of the molecule is CC(C)N1CCCCC1N1CCCNCC1=O. The van der Waals surface area contributed by atoms with Crippen molar-refractivity contribution in [3.05, 3.63) is 0 Å². The van der Waals surface area contributed by atoms with Crippen molar-refractivity contribution in [1.29, 1.82) is 0 Å². The summed E-state index contributed by atoms with van der Waals surface area (Å²) >= 11 is 0. The molecular formula is C13H25N3O. The van der Waals surface area contributed by atoms with Gasteiger partial charge in [0.05, 0.1) is 12.7 Å². The van der Waals surface area contributed by atoms with E-state index in [1.54, 1.807) is 0 Å². The lowest BCUT2D eigenvalue weighted by Crippen LogP contribution is -2.56. The minimum atomic E-state index is 0.278. The van der Waals surface area contributed by atoms with Gasteiger partial charge in [0.15, 0.2) is 0 Å². The molecule has 1 unspecified atom stereocenters. The standard InChI is InChI=1S/C13H25N3O/c1-11(2)15-8-4-3-6-12(15)16-9-5-7-14-10-13(16)17/h11-12,14H,3-10H2,1-2H3. The van der Waals surface area contributed by atoms with Gasteiger partial charge in [-0.2, -0.15) is 0 Å². The van der Waals surface area contributed by atoms with Gasteiger partial charge in [-0.15, -0.1) is 0 Å². The van der Waals surface area contributed by atoms with E-state index in [1.165, 1.54) is 12.8 Å². The maximum Gasteiger partial charge on any atom is 0.237 e. The molecule has 2 heterocycles. The monoisotopic (exact) mass is 239 g/mol. The summed E-state index contributed by atoms with van der Waals surface area (Å²) < 4.78 is 0. The first kappa shape index (κ1) is 12.8. The Hall–Kier alpha value is -0.610. The van der Waals surface area contributed by atoms with Crippen LogP contribution in [0.4, 0.5) is 0 Å². The van der Waals surface area contributed by atoms with Gasteiger partial charge in [-0.05, 0) is 46.1 Å². The minimum absolute atomic E-state index is 0.278. The van der Waals surface area contributed by atoms with Crippen LogP contribution >= 0.6 is 0 Å². The molecule has 0 aromatic heterocycles. The van der Waals surface area contributed by atoms with Crippen LogP contribution in [0.25, 0.3) is 0 Å². The fraction of sp³-hybridized carbons (Fsp3) is 0.923. The molecule has 1 atom stereocenters. The Bertz CT molecular complexity index is 267. The van der Waals surface area contributed by atoms with Crippen molar-refractivity contribution in [1.82, 2.24) is 15.1 Å². The molecule has 0 aromatic rings. The first-order chi connectivity index (χ1) is 8.20. The van der Waals surface area contributed by atoms with Crippen molar-refractivity contribution in [3.63, 3.8) is 0 Å². The van der Waals surface area contributed by atoms with E-state index < -0.39 is 0 Å². The van der Waals surface area contributed by atoms with Crippen molar-refractivity contribution >= 4 is 5.91 Å². The number of hydrogen-bond acceptors (Lipinski definition) is 3. The summed E-state index contributed by atoms with van der Waals surface area (Å²) in [6.07, 6.45) is 5.09. The van der Waals surface area contributed by atoms with E-state index in [0.717, 1.165) is 32.5 Å². The minimum Gasteiger partial charge on any atom is -0.326 e. The number of hydrogen-bond donors (Lipinski definition) is 1. The van der Waals surface area contributed by atoms with Crippen molar-refractivity contribution in [2.45, 2.75) is 51.7 Å². The molecule has 4 heteroatoms. The van der Waals surface area contributed by atoms with E-state index in [-0.39, 0.29) is 5.91 Å². The Morgan fingerprint density at radius 2 is 2.06 bits per heavy atom. The third kappa shape index (κ3) is 2.99. The number of amides is 1. The summed E-state index contributed by atoms with van der Waals surface area (Å²) in [4.78, 5) is 16.7. The smallest absolute Gasteiger partial charge is 0.237 e. The molecule has 0 bridgehead atoms. The fourth-order valence-corrected chi connectivity index (χ4v) is 2.98. The van der Waals surface area contributed by atoms with Crippen molar-refractivity contribution in [2.75, 3.05) is 26.2 Å². The van der Waals surface area contributed by atoms with Crippen LogP contribution in [0.15, 0.2) is 0 Å². The molecular weight excluding hydrogens is 214 g/mol. The third-order valence-corrected chi connectivity index (χ3v) is 3.88. The van der Waals surface area contributed by atoms with Crippen LogP contribution in [0.2, 0.25) is 0 Å². The van der Waals surface area contributed by atoms with Crippen molar-refractivity contribution in [3.8, 4) is 0 Å². The molecule has 17 heavy (non-hydrogen) atoms. The highest BCUT2D eigenvalue weighted by atomic mass is 16.2. The largest absolute Gasteiger partial charge is 0.326 e. The fourth-order valence-electron chi connectivity index (χ4n) is 2.98. The molecule has 2 rings (SSSR count). The quantitative estimate of drug-likeness (QED) is 0.782. The summed E-state index contributed by atoms with van der Waals surface area (Å²) in [7, 11) is 0. The molecule has 0 aromatic carbocycles. The van der Waals surface area contributed by atoms with Crippen molar-refractivity contribution < 1.29 is 4.79 Å². The summed E-state index contributed by atoms with van der Waals surface area (Å²) in [5, 5.41) is 3.20. The molecule has 0 spiro atoms. The predicted molar refractivity (Wildman–Crippen MR) is 68.7 cm³/mol. The summed E-state index contributed by atoms with van der Waals surface area (Å²) in [6, 6.07) is 0.532. The molecule has 2 aliphatic heterocycles. The van der Waals surface area contributed by atoms with Crippen LogP contribution in [-0.2, 0) is 4.79 Å². The van der Waals surface area contributed by atoms with E-state index in [1.807, 2.05) is 0 Å². The molecule has 0 saturated carbocycles. The van der Waals surface area contributed by atoms with Crippen LogP contribution in [0.1, 0.15) is 39.5 Å².